The number of thioether (sulfide) groups is 2. The smallest absolute Gasteiger partial charge is 0.131 e. The van der Waals surface area contributed by atoms with Crippen LogP contribution in [0.3, 0.4) is 0 Å². The molecular formula is C39H34OS3. The SMILES string of the molecule is OC(c1ccccc1)(c1ccccc1-c1ccc(C2CC=C(c3ccccc3C3=CC=CCC3)S2)s1)C1C=CC=CCS1. The fourth-order valence-electron chi connectivity index (χ4n) is 6.26. The van der Waals surface area contributed by atoms with Crippen LogP contribution >= 0.6 is 34.9 Å². The van der Waals surface area contributed by atoms with Crippen molar-refractivity contribution in [2.24, 2.45) is 0 Å². The maximum absolute atomic E-state index is 12.7. The molecule has 7 rings (SSSR count). The van der Waals surface area contributed by atoms with Crippen molar-refractivity contribution in [3.63, 3.8) is 0 Å². The predicted octanol–water partition coefficient (Wildman–Crippen LogP) is 10.8. The van der Waals surface area contributed by atoms with E-state index >= 15 is 0 Å². The normalized spacial score (nSPS) is 21.2. The van der Waals surface area contributed by atoms with Crippen molar-refractivity contribution >= 4 is 45.3 Å². The lowest BCUT2D eigenvalue weighted by Crippen LogP contribution is -2.38. The molecule has 1 N–H and O–H groups in total. The molecule has 214 valence electrons. The fraction of sp³-hybridized carbons (Fsp3) is 0.179. The Hall–Kier alpha value is -3.28. The minimum absolute atomic E-state index is 0.113. The Labute approximate surface area is 267 Å². The Morgan fingerprint density at radius 3 is 2.37 bits per heavy atom. The molecule has 43 heavy (non-hydrogen) atoms. The number of rotatable bonds is 7. The lowest BCUT2D eigenvalue weighted by atomic mass is 9.80. The maximum atomic E-state index is 12.7. The van der Waals surface area contributed by atoms with Gasteiger partial charge in [-0.2, -0.15) is 0 Å². The van der Waals surface area contributed by atoms with Crippen LogP contribution < -0.4 is 0 Å². The van der Waals surface area contributed by atoms with E-state index in [0.29, 0.717) is 5.25 Å². The molecule has 3 heterocycles. The Morgan fingerprint density at radius 2 is 1.53 bits per heavy atom. The first-order chi connectivity index (χ1) is 21.2. The van der Waals surface area contributed by atoms with Gasteiger partial charge in [-0.15, -0.1) is 34.9 Å². The van der Waals surface area contributed by atoms with E-state index in [0.717, 1.165) is 41.7 Å². The topological polar surface area (TPSA) is 20.2 Å². The molecular weight excluding hydrogens is 581 g/mol. The van der Waals surface area contributed by atoms with Gasteiger partial charge in [0.2, 0.25) is 0 Å². The van der Waals surface area contributed by atoms with Gasteiger partial charge in [-0.05, 0) is 64.8 Å². The van der Waals surface area contributed by atoms with Gasteiger partial charge in [0.25, 0.3) is 0 Å². The van der Waals surface area contributed by atoms with Crippen LogP contribution in [0.1, 0.15) is 51.6 Å². The van der Waals surface area contributed by atoms with Crippen LogP contribution in [0, 0.1) is 0 Å². The summed E-state index contributed by atoms with van der Waals surface area (Å²) in [6.07, 6.45) is 20.9. The van der Waals surface area contributed by atoms with E-state index in [1.807, 2.05) is 41.3 Å². The standard InChI is InChI=1S/C39H34OS3/c40-39(29-16-6-2-7-17-29,38-22-8-3-13-27-41-38)33-21-12-11-20-32(33)35-24-26-37(43-35)36-25-23-34(42-36)31-19-10-9-18-30(31)28-14-4-1-5-15-28/h1-4,6-14,16-24,26,36,38,40H,5,15,25,27H2. The Balaban J connectivity index is 1.20. The van der Waals surface area contributed by atoms with Crippen molar-refractivity contribution in [3.8, 4) is 10.4 Å². The molecule has 0 bridgehead atoms. The molecule has 3 aromatic carbocycles. The molecule has 0 amide bonds. The molecule has 0 radical (unpaired) electrons. The van der Waals surface area contributed by atoms with E-state index < -0.39 is 5.60 Å². The van der Waals surface area contributed by atoms with Crippen LogP contribution in [0.5, 0.6) is 0 Å². The molecule has 0 fully saturated rings. The zero-order valence-corrected chi connectivity index (χ0v) is 26.4. The second kappa shape index (κ2) is 12.8. The van der Waals surface area contributed by atoms with Crippen molar-refractivity contribution in [2.45, 2.75) is 35.4 Å². The number of thiophene rings is 1. The third-order valence-electron chi connectivity index (χ3n) is 8.42. The van der Waals surface area contributed by atoms with E-state index in [1.165, 1.54) is 31.4 Å². The van der Waals surface area contributed by atoms with E-state index in [2.05, 4.69) is 121 Å². The van der Waals surface area contributed by atoms with Crippen LogP contribution in [-0.2, 0) is 5.60 Å². The van der Waals surface area contributed by atoms with Gasteiger partial charge in [0.05, 0.1) is 5.25 Å². The first-order valence-electron chi connectivity index (χ1n) is 15.0. The lowest BCUT2D eigenvalue weighted by Gasteiger charge is -2.36. The van der Waals surface area contributed by atoms with Crippen molar-refractivity contribution in [1.29, 1.82) is 0 Å². The monoisotopic (exact) mass is 614 g/mol. The first kappa shape index (κ1) is 28.5. The van der Waals surface area contributed by atoms with E-state index in [4.69, 9.17) is 0 Å². The minimum atomic E-state index is -1.17. The van der Waals surface area contributed by atoms with Crippen molar-refractivity contribution in [1.82, 2.24) is 0 Å². The number of allylic oxidation sites excluding steroid dienone is 7. The van der Waals surface area contributed by atoms with Gasteiger partial charge in [-0.1, -0.05) is 127 Å². The molecule has 1 nitrogen and oxygen atoms in total. The highest BCUT2D eigenvalue weighted by Crippen LogP contribution is 2.53. The van der Waals surface area contributed by atoms with Gasteiger partial charge in [-0.3, -0.25) is 0 Å². The third-order valence-corrected chi connectivity index (χ3v) is 12.4. The summed E-state index contributed by atoms with van der Waals surface area (Å²) >= 11 is 5.64. The third kappa shape index (κ3) is 5.70. The Morgan fingerprint density at radius 1 is 0.744 bits per heavy atom. The minimum Gasteiger partial charge on any atom is -0.379 e. The lowest BCUT2D eigenvalue weighted by molar-refractivity contribution is 0.0903. The summed E-state index contributed by atoms with van der Waals surface area (Å²) in [6.45, 7) is 0. The maximum Gasteiger partial charge on any atom is 0.131 e. The van der Waals surface area contributed by atoms with Crippen molar-refractivity contribution < 1.29 is 5.11 Å². The summed E-state index contributed by atoms with van der Waals surface area (Å²) in [5.41, 5.74) is 5.98. The number of hydrogen-bond donors (Lipinski definition) is 1. The second-order valence-electron chi connectivity index (χ2n) is 11.1. The second-order valence-corrected chi connectivity index (χ2v) is 14.6. The average Bonchev–Trinajstić information content (AvgIpc) is 3.69. The molecule has 4 aromatic rings. The molecule has 1 aliphatic carbocycles. The summed E-state index contributed by atoms with van der Waals surface area (Å²) in [7, 11) is 0. The van der Waals surface area contributed by atoms with Gasteiger partial charge in [0, 0.05) is 25.7 Å². The zero-order chi connectivity index (χ0) is 29.1. The number of aliphatic hydroxyl groups is 1. The highest BCUT2D eigenvalue weighted by molar-refractivity contribution is 8.08. The highest BCUT2D eigenvalue weighted by atomic mass is 32.2. The molecule has 0 spiro atoms. The number of benzene rings is 3. The van der Waals surface area contributed by atoms with E-state index in [1.54, 1.807) is 11.8 Å². The molecule has 1 aromatic heterocycles. The molecule has 4 heteroatoms. The number of hydrogen-bond acceptors (Lipinski definition) is 4. The molecule has 0 saturated carbocycles. The van der Waals surface area contributed by atoms with Gasteiger partial charge in [-0.25, -0.2) is 0 Å². The Bertz CT molecular complexity index is 1760. The summed E-state index contributed by atoms with van der Waals surface area (Å²) < 4.78 is 0. The van der Waals surface area contributed by atoms with Gasteiger partial charge < -0.3 is 5.11 Å². The van der Waals surface area contributed by atoms with Crippen molar-refractivity contribution in [3.05, 3.63) is 167 Å². The molecule has 3 aliphatic rings. The largest absolute Gasteiger partial charge is 0.379 e. The predicted molar refractivity (Wildman–Crippen MR) is 189 cm³/mol. The summed E-state index contributed by atoms with van der Waals surface area (Å²) in [5, 5.41) is 13.0. The quantitative estimate of drug-likeness (QED) is 0.224. The van der Waals surface area contributed by atoms with Crippen LogP contribution in [-0.4, -0.2) is 16.1 Å². The van der Waals surface area contributed by atoms with Crippen molar-refractivity contribution in [2.75, 3.05) is 5.75 Å². The molecule has 0 saturated heterocycles. The Kier molecular flexibility index (Phi) is 8.45. The molecule has 2 aliphatic heterocycles. The van der Waals surface area contributed by atoms with Gasteiger partial charge in [0.1, 0.15) is 5.60 Å². The summed E-state index contributed by atoms with van der Waals surface area (Å²) in [5.74, 6) is 0.865. The van der Waals surface area contributed by atoms with Crippen LogP contribution in [0.2, 0.25) is 0 Å². The summed E-state index contributed by atoms with van der Waals surface area (Å²) in [6, 6.07) is 32.1. The first-order valence-corrected chi connectivity index (χ1v) is 17.7. The van der Waals surface area contributed by atoms with E-state index in [-0.39, 0.29) is 5.25 Å². The van der Waals surface area contributed by atoms with Crippen LogP contribution in [0.15, 0.2) is 140 Å². The van der Waals surface area contributed by atoms with Crippen LogP contribution in [0.25, 0.3) is 20.9 Å². The molecule has 3 atom stereocenters. The average molecular weight is 615 g/mol. The van der Waals surface area contributed by atoms with Gasteiger partial charge >= 0.3 is 0 Å². The molecule has 3 unspecified atom stereocenters. The highest BCUT2D eigenvalue weighted by Gasteiger charge is 2.41. The van der Waals surface area contributed by atoms with E-state index in [9.17, 15) is 5.11 Å². The summed E-state index contributed by atoms with van der Waals surface area (Å²) in [4.78, 5) is 3.97. The fourth-order valence-corrected chi connectivity index (χ4v) is 9.91. The van der Waals surface area contributed by atoms with Gasteiger partial charge in [0.15, 0.2) is 0 Å². The van der Waals surface area contributed by atoms with Crippen LogP contribution in [0.4, 0.5) is 0 Å². The zero-order valence-electron chi connectivity index (χ0n) is 23.9.